The van der Waals surface area contributed by atoms with E-state index in [0.717, 1.165) is 9.26 Å². The number of halogens is 1. The number of rotatable bonds is 6. The lowest BCUT2D eigenvalue weighted by Crippen LogP contribution is -2.32. The minimum atomic E-state index is -0.352. The Morgan fingerprint density at radius 2 is 1.86 bits per heavy atom. The van der Waals surface area contributed by atoms with Gasteiger partial charge in [-0.3, -0.25) is 4.79 Å². The van der Waals surface area contributed by atoms with Crippen LogP contribution in [0.5, 0.6) is 5.75 Å². The highest BCUT2D eigenvalue weighted by molar-refractivity contribution is 14.1. The van der Waals surface area contributed by atoms with Crippen molar-refractivity contribution in [1.82, 2.24) is 0 Å². The SMILES string of the molecule is CCOc1ccccc1NC(=O)C(C)Nc1ccc(I)cc1. The molecule has 116 valence electrons. The van der Waals surface area contributed by atoms with E-state index in [4.69, 9.17) is 4.74 Å². The Balaban J connectivity index is 2.01. The molecular weight excluding hydrogens is 391 g/mol. The maximum absolute atomic E-state index is 12.3. The van der Waals surface area contributed by atoms with E-state index in [-0.39, 0.29) is 11.9 Å². The van der Waals surface area contributed by atoms with Gasteiger partial charge in [0.2, 0.25) is 5.91 Å². The number of benzene rings is 2. The van der Waals surface area contributed by atoms with Crippen molar-refractivity contribution in [2.45, 2.75) is 19.9 Å². The number of amides is 1. The predicted molar refractivity (Wildman–Crippen MR) is 98.5 cm³/mol. The molecule has 0 radical (unpaired) electrons. The Morgan fingerprint density at radius 3 is 2.55 bits per heavy atom. The summed E-state index contributed by atoms with van der Waals surface area (Å²) in [6.45, 7) is 4.31. The second-order valence-corrected chi connectivity index (χ2v) is 6.04. The summed E-state index contributed by atoms with van der Waals surface area (Å²) in [4.78, 5) is 12.3. The molecule has 0 aliphatic heterocycles. The molecule has 0 aliphatic carbocycles. The first-order valence-electron chi connectivity index (χ1n) is 7.15. The van der Waals surface area contributed by atoms with E-state index < -0.39 is 0 Å². The Hall–Kier alpha value is -1.76. The molecule has 1 unspecified atom stereocenters. The smallest absolute Gasteiger partial charge is 0.246 e. The fourth-order valence-electron chi connectivity index (χ4n) is 1.95. The molecule has 22 heavy (non-hydrogen) atoms. The van der Waals surface area contributed by atoms with Crippen molar-refractivity contribution in [2.24, 2.45) is 0 Å². The van der Waals surface area contributed by atoms with Crippen molar-refractivity contribution in [3.63, 3.8) is 0 Å². The number of carbonyl (C=O) groups is 1. The van der Waals surface area contributed by atoms with Gasteiger partial charge in [-0.05, 0) is 72.8 Å². The third-order valence-electron chi connectivity index (χ3n) is 3.07. The summed E-state index contributed by atoms with van der Waals surface area (Å²) in [6, 6.07) is 15.0. The summed E-state index contributed by atoms with van der Waals surface area (Å²) in [7, 11) is 0. The molecular formula is C17H19IN2O2. The van der Waals surface area contributed by atoms with Crippen LogP contribution < -0.4 is 15.4 Å². The van der Waals surface area contributed by atoms with Gasteiger partial charge >= 0.3 is 0 Å². The van der Waals surface area contributed by atoms with Crippen LogP contribution in [-0.2, 0) is 4.79 Å². The monoisotopic (exact) mass is 410 g/mol. The summed E-state index contributed by atoms with van der Waals surface area (Å²) in [5.41, 5.74) is 1.60. The quantitative estimate of drug-likeness (QED) is 0.705. The molecule has 0 saturated carbocycles. The van der Waals surface area contributed by atoms with Crippen LogP contribution in [0.3, 0.4) is 0 Å². The average molecular weight is 410 g/mol. The standard InChI is InChI=1S/C17H19IN2O2/c1-3-22-16-7-5-4-6-15(16)20-17(21)12(2)19-14-10-8-13(18)9-11-14/h4-12,19H,3H2,1-2H3,(H,20,21). The van der Waals surface area contributed by atoms with Gasteiger partial charge in [0.25, 0.3) is 0 Å². The van der Waals surface area contributed by atoms with E-state index in [1.807, 2.05) is 62.4 Å². The van der Waals surface area contributed by atoms with Crippen molar-refractivity contribution in [3.05, 3.63) is 52.1 Å². The van der Waals surface area contributed by atoms with E-state index >= 15 is 0 Å². The van der Waals surface area contributed by atoms with Crippen molar-refractivity contribution in [3.8, 4) is 5.75 Å². The first kappa shape index (κ1) is 16.6. The van der Waals surface area contributed by atoms with E-state index in [0.29, 0.717) is 18.0 Å². The number of hydrogen-bond acceptors (Lipinski definition) is 3. The Labute approximate surface area is 144 Å². The lowest BCUT2D eigenvalue weighted by atomic mass is 10.2. The molecule has 4 nitrogen and oxygen atoms in total. The predicted octanol–water partition coefficient (Wildman–Crippen LogP) is 4.13. The summed E-state index contributed by atoms with van der Waals surface area (Å²) in [5, 5.41) is 6.08. The van der Waals surface area contributed by atoms with Crippen LogP contribution in [0.25, 0.3) is 0 Å². The van der Waals surface area contributed by atoms with Gasteiger partial charge in [0.1, 0.15) is 11.8 Å². The normalized spacial score (nSPS) is 11.6. The molecule has 0 heterocycles. The molecule has 2 N–H and O–H groups in total. The molecule has 0 saturated heterocycles. The second kappa shape index (κ2) is 8.03. The van der Waals surface area contributed by atoms with Crippen LogP contribution in [0.15, 0.2) is 48.5 Å². The van der Waals surface area contributed by atoms with E-state index in [1.165, 1.54) is 0 Å². The molecule has 0 aromatic heterocycles. The van der Waals surface area contributed by atoms with Crippen LogP contribution in [0.4, 0.5) is 11.4 Å². The lowest BCUT2D eigenvalue weighted by molar-refractivity contribution is -0.116. The van der Waals surface area contributed by atoms with Crippen molar-refractivity contribution >= 4 is 39.9 Å². The highest BCUT2D eigenvalue weighted by Gasteiger charge is 2.14. The Kier molecular flexibility index (Phi) is 6.06. The number of carbonyl (C=O) groups excluding carboxylic acids is 1. The zero-order valence-electron chi connectivity index (χ0n) is 12.6. The fraction of sp³-hybridized carbons (Fsp3) is 0.235. The third-order valence-corrected chi connectivity index (χ3v) is 3.78. The second-order valence-electron chi connectivity index (χ2n) is 4.79. The molecule has 2 aromatic rings. The van der Waals surface area contributed by atoms with Gasteiger partial charge in [0, 0.05) is 9.26 Å². The van der Waals surface area contributed by atoms with E-state index in [9.17, 15) is 4.79 Å². The van der Waals surface area contributed by atoms with Gasteiger partial charge in [-0.25, -0.2) is 0 Å². The largest absolute Gasteiger partial charge is 0.492 e. The number of hydrogen-bond donors (Lipinski definition) is 2. The highest BCUT2D eigenvalue weighted by Crippen LogP contribution is 2.24. The summed E-state index contributed by atoms with van der Waals surface area (Å²) in [5.74, 6) is 0.575. The summed E-state index contributed by atoms with van der Waals surface area (Å²) < 4.78 is 6.67. The molecule has 0 spiro atoms. The van der Waals surface area contributed by atoms with Gasteiger partial charge in [0.05, 0.1) is 12.3 Å². The molecule has 1 atom stereocenters. The summed E-state index contributed by atoms with van der Waals surface area (Å²) in [6.07, 6.45) is 0. The zero-order valence-corrected chi connectivity index (χ0v) is 14.8. The first-order valence-corrected chi connectivity index (χ1v) is 8.23. The van der Waals surface area contributed by atoms with Gasteiger partial charge < -0.3 is 15.4 Å². The van der Waals surface area contributed by atoms with Crippen molar-refractivity contribution in [2.75, 3.05) is 17.2 Å². The minimum absolute atomic E-state index is 0.106. The maximum atomic E-state index is 12.3. The van der Waals surface area contributed by atoms with E-state index in [2.05, 4.69) is 33.2 Å². The molecule has 0 fully saturated rings. The van der Waals surface area contributed by atoms with Gasteiger partial charge in [-0.1, -0.05) is 12.1 Å². The van der Waals surface area contributed by atoms with Gasteiger partial charge in [-0.15, -0.1) is 0 Å². The van der Waals surface area contributed by atoms with Crippen LogP contribution in [-0.4, -0.2) is 18.6 Å². The summed E-state index contributed by atoms with van der Waals surface area (Å²) >= 11 is 2.25. The molecule has 2 aromatic carbocycles. The number of anilines is 2. The number of ether oxygens (including phenoxy) is 1. The van der Waals surface area contributed by atoms with E-state index in [1.54, 1.807) is 0 Å². The maximum Gasteiger partial charge on any atom is 0.246 e. The number of nitrogens with one attached hydrogen (secondary N) is 2. The molecule has 0 bridgehead atoms. The van der Waals surface area contributed by atoms with Crippen LogP contribution >= 0.6 is 22.6 Å². The first-order chi connectivity index (χ1) is 10.6. The fourth-order valence-corrected chi connectivity index (χ4v) is 2.31. The Morgan fingerprint density at radius 1 is 1.18 bits per heavy atom. The third kappa shape index (κ3) is 4.62. The van der Waals surface area contributed by atoms with Gasteiger partial charge in [0.15, 0.2) is 0 Å². The van der Waals surface area contributed by atoms with Crippen molar-refractivity contribution < 1.29 is 9.53 Å². The minimum Gasteiger partial charge on any atom is -0.492 e. The molecule has 5 heteroatoms. The average Bonchev–Trinajstić information content (AvgIpc) is 2.51. The zero-order chi connectivity index (χ0) is 15.9. The number of para-hydroxylation sites is 2. The van der Waals surface area contributed by atoms with Crippen molar-refractivity contribution in [1.29, 1.82) is 0 Å². The molecule has 0 aliphatic rings. The topological polar surface area (TPSA) is 50.4 Å². The molecule has 1 amide bonds. The Bertz CT molecular complexity index is 629. The molecule has 2 rings (SSSR count). The van der Waals surface area contributed by atoms with Gasteiger partial charge in [-0.2, -0.15) is 0 Å². The van der Waals surface area contributed by atoms with Crippen LogP contribution in [0, 0.1) is 3.57 Å². The van der Waals surface area contributed by atoms with Crippen LogP contribution in [0.1, 0.15) is 13.8 Å². The highest BCUT2D eigenvalue weighted by atomic mass is 127. The van der Waals surface area contributed by atoms with Crippen LogP contribution in [0.2, 0.25) is 0 Å². The lowest BCUT2D eigenvalue weighted by Gasteiger charge is -2.17.